The lowest BCUT2D eigenvalue weighted by Crippen LogP contribution is -2.31. The number of ether oxygens (including phenoxy) is 3. The van der Waals surface area contributed by atoms with Gasteiger partial charge in [-0.2, -0.15) is 0 Å². The van der Waals surface area contributed by atoms with Crippen molar-refractivity contribution in [1.29, 1.82) is 0 Å². The van der Waals surface area contributed by atoms with Crippen LogP contribution in [0, 0.1) is 0 Å². The monoisotopic (exact) mass is 648 g/mol. The van der Waals surface area contributed by atoms with E-state index in [1.54, 1.807) is 0 Å². The van der Waals surface area contributed by atoms with Crippen molar-refractivity contribution in [3.8, 4) is 22.6 Å². The van der Waals surface area contributed by atoms with Crippen LogP contribution in [0.3, 0.4) is 0 Å². The lowest BCUT2D eigenvalue weighted by Gasteiger charge is -2.36. The fraction of sp³-hybridized carbons (Fsp3) is 0.211. The molecule has 1 amide bonds. The first-order valence-electron chi connectivity index (χ1n) is 15.4. The summed E-state index contributed by atoms with van der Waals surface area (Å²) in [5, 5.41) is 12.8. The number of rotatable bonds is 12. The van der Waals surface area contributed by atoms with Crippen LogP contribution in [-0.2, 0) is 27.4 Å². The molecular formula is C38H36N2O6S. The van der Waals surface area contributed by atoms with E-state index < -0.39 is 12.4 Å². The standard InChI is InChI=1S/C38H36N2O6S/c1-2-21-43-37(42)39-23-26-13-19-31(20-14-26)36-44-32(22-33(45-36)28-17-15-27(24-41)16-18-28)25-47-38-40-34(29-9-5-3-6-10-29)35(46-38)30-11-7-4-8-12-30/h2-20,32-33,36,41H,1,21-25H2,(H,39,42)/t32-,33+,36+/m1/s1. The number of hydrogen-bond donors (Lipinski definition) is 2. The molecule has 1 aliphatic heterocycles. The van der Waals surface area contributed by atoms with Gasteiger partial charge in [0.05, 0.1) is 18.8 Å². The van der Waals surface area contributed by atoms with E-state index in [0.29, 0.717) is 23.9 Å². The Morgan fingerprint density at radius 1 is 0.894 bits per heavy atom. The first-order chi connectivity index (χ1) is 23.1. The van der Waals surface area contributed by atoms with Gasteiger partial charge in [-0.05, 0) is 16.7 Å². The van der Waals surface area contributed by atoms with Crippen LogP contribution in [0.4, 0.5) is 4.79 Å². The largest absolute Gasteiger partial charge is 0.445 e. The van der Waals surface area contributed by atoms with Crippen LogP contribution in [0.2, 0.25) is 0 Å². The second-order valence-electron chi connectivity index (χ2n) is 11.0. The molecule has 2 N–H and O–H groups in total. The lowest BCUT2D eigenvalue weighted by atomic mass is 10.0. The number of oxazole rings is 1. The summed E-state index contributed by atoms with van der Waals surface area (Å²) in [6, 6.07) is 35.6. The van der Waals surface area contributed by atoms with Crippen LogP contribution in [-0.4, -0.2) is 34.6 Å². The summed E-state index contributed by atoms with van der Waals surface area (Å²) < 4.78 is 24.4. The maximum Gasteiger partial charge on any atom is 0.407 e. The van der Waals surface area contributed by atoms with Gasteiger partial charge in [-0.3, -0.25) is 0 Å². The highest BCUT2D eigenvalue weighted by Crippen LogP contribution is 2.41. The zero-order valence-electron chi connectivity index (χ0n) is 25.8. The van der Waals surface area contributed by atoms with Gasteiger partial charge >= 0.3 is 6.09 Å². The molecule has 4 aromatic carbocycles. The van der Waals surface area contributed by atoms with Crippen molar-refractivity contribution in [2.45, 2.75) is 43.3 Å². The molecule has 8 nitrogen and oxygen atoms in total. The van der Waals surface area contributed by atoms with Crippen molar-refractivity contribution < 1.29 is 28.5 Å². The molecule has 47 heavy (non-hydrogen) atoms. The Morgan fingerprint density at radius 3 is 2.23 bits per heavy atom. The summed E-state index contributed by atoms with van der Waals surface area (Å²) in [5.74, 6) is 1.33. The molecule has 0 aliphatic carbocycles. The fourth-order valence-corrected chi connectivity index (χ4v) is 6.12. The maximum absolute atomic E-state index is 11.8. The summed E-state index contributed by atoms with van der Waals surface area (Å²) in [6.45, 7) is 4.01. The molecule has 0 saturated carbocycles. The summed E-state index contributed by atoms with van der Waals surface area (Å²) in [6.07, 6.45) is 0.649. The van der Waals surface area contributed by atoms with Crippen LogP contribution in [0.1, 0.15) is 41.1 Å². The number of nitrogens with zero attached hydrogens (tertiary/aromatic N) is 1. The number of aliphatic hydroxyl groups excluding tert-OH is 1. The number of benzene rings is 4. The van der Waals surface area contributed by atoms with Gasteiger partial charge in [0.2, 0.25) is 0 Å². The van der Waals surface area contributed by atoms with Gasteiger partial charge in [0.25, 0.3) is 5.22 Å². The molecule has 240 valence electrons. The predicted octanol–water partition coefficient (Wildman–Crippen LogP) is 8.25. The molecule has 5 aromatic rings. The number of nitrogens with one attached hydrogen (secondary N) is 1. The summed E-state index contributed by atoms with van der Waals surface area (Å²) in [5.41, 5.74) is 6.39. The Morgan fingerprint density at radius 2 is 1.55 bits per heavy atom. The van der Waals surface area contributed by atoms with Gasteiger partial charge in [0.15, 0.2) is 12.1 Å². The van der Waals surface area contributed by atoms with Crippen molar-refractivity contribution in [3.63, 3.8) is 0 Å². The Labute approximate surface area is 278 Å². The quantitative estimate of drug-likeness (QED) is 0.103. The summed E-state index contributed by atoms with van der Waals surface area (Å²) >= 11 is 1.52. The highest BCUT2D eigenvalue weighted by Gasteiger charge is 2.33. The predicted molar refractivity (Wildman–Crippen MR) is 181 cm³/mol. The minimum Gasteiger partial charge on any atom is -0.445 e. The number of hydrogen-bond acceptors (Lipinski definition) is 8. The van der Waals surface area contributed by atoms with E-state index in [9.17, 15) is 9.90 Å². The molecule has 1 aliphatic rings. The van der Waals surface area contributed by atoms with Crippen molar-refractivity contribution in [2.24, 2.45) is 0 Å². The third kappa shape index (κ3) is 8.38. The van der Waals surface area contributed by atoms with Crippen LogP contribution in [0.15, 0.2) is 131 Å². The van der Waals surface area contributed by atoms with Crippen molar-refractivity contribution in [3.05, 3.63) is 144 Å². The zero-order valence-corrected chi connectivity index (χ0v) is 26.6. The van der Waals surface area contributed by atoms with Gasteiger partial charge in [-0.1, -0.05) is 134 Å². The SMILES string of the molecule is C=CCOC(=O)NCc1ccc([C@H]2O[C@@H](CSc3nc(-c4ccccc4)c(-c4ccccc4)o3)C[C@@H](c3ccc(CO)cc3)O2)cc1. The molecular weight excluding hydrogens is 612 g/mol. The van der Waals surface area contributed by atoms with Crippen molar-refractivity contribution in [1.82, 2.24) is 10.3 Å². The number of thioether (sulfide) groups is 1. The average Bonchev–Trinajstić information content (AvgIpc) is 3.57. The normalized spacial score (nSPS) is 17.6. The first kappa shape index (κ1) is 32.3. The van der Waals surface area contributed by atoms with E-state index >= 15 is 0 Å². The highest BCUT2D eigenvalue weighted by molar-refractivity contribution is 7.99. The second-order valence-corrected chi connectivity index (χ2v) is 12.0. The van der Waals surface area contributed by atoms with E-state index in [1.165, 1.54) is 17.8 Å². The smallest absolute Gasteiger partial charge is 0.407 e. The van der Waals surface area contributed by atoms with Gasteiger partial charge in [0.1, 0.15) is 12.3 Å². The second kappa shape index (κ2) is 15.8. The van der Waals surface area contributed by atoms with E-state index in [2.05, 4.69) is 11.9 Å². The third-order valence-corrected chi connectivity index (χ3v) is 8.68. The molecule has 3 atom stereocenters. The van der Waals surface area contributed by atoms with Crippen LogP contribution in [0.5, 0.6) is 0 Å². The van der Waals surface area contributed by atoms with Crippen LogP contribution >= 0.6 is 11.8 Å². The molecule has 1 saturated heterocycles. The Bertz CT molecular complexity index is 1690. The van der Waals surface area contributed by atoms with Gasteiger partial charge in [-0.25, -0.2) is 9.78 Å². The number of carbonyl (C=O) groups excluding carboxylic acids is 1. The molecule has 6 rings (SSSR count). The Hall–Kier alpha value is -4.67. The van der Waals surface area contributed by atoms with Crippen LogP contribution in [0.25, 0.3) is 22.6 Å². The number of aromatic nitrogens is 1. The first-order valence-corrected chi connectivity index (χ1v) is 16.4. The average molecular weight is 649 g/mol. The molecule has 1 aromatic heterocycles. The maximum atomic E-state index is 11.8. The molecule has 1 fully saturated rings. The van der Waals surface area contributed by atoms with Crippen molar-refractivity contribution in [2.75, 3.05) is 12.4 Å². The van der Waals surface area contributed by atoms with E-state index in [-0.39, 0.29) is 25.4 Å². The summed E-state index contributed by atoms with van der Waals surface area (Å²) in [4.78, 5) is 16.7. The van der Waals surface area contributed by atoms with Crippen LogP contribution < -0.4 is 5.32 Å². The van der Waals surface area contributed by atoms with Gasteiger partial charge in [0, 0.05) is 35.4 Å². The van der Waals surface area contributed by atoms with Crippen molar-refractivity contribution >= 4 is 17.9 Å². The molecule has 0 unspecified atom stereocenters. The number of alkyl carbamates (subject to hydrolysis) is 1. The van der Waals surface area contributed by atoms with E-state index in [0.717, 1.165) is 44.8 Å². The lowest BCUT2D eigenvalue weighted by molar-refractivity contribution is -0.245. The molecule has 0 spiro atoms. The Balaban J connectivity index is 1.19. The summed E-state index contributed by atoms with van der Waals surface area (Å²) in [7, 11) is 0. The molecule has 0 bridgehead atoms. The minimum atomic E-state index is -0.610. The Kier molecular flexibility index (Phi) is 10.8. The fourth-order valence-electron chi connectivity index (χ4n) is 5.28. The third-order valence-electron chi connectivity index (χ3n) is 7.72. The molecule has 0 radical (unpaired) electrons. The molecule has 9 heteroatoms. The molecule has 2 heterocycles. The number of aliphatic hydroxyl groups is 1. The number of amides is 1. The van der Waals surface area contributed by atoms with E-state index in [4.69, 9.17) is 23.6 Å². The topological polar surface area (TPSA) is 103 Å². The minimum absolute atomic E-state index is 0.0178. The van der Waals surface area contributed by atoms with Gasteiger partial charge < -0.3 is 29.1 Å². The highest BCUT2D eigenvalue weighted by atomic mass is 32.2. The zero-order chi connectivity index (χ0) is 32.4. The number of carbonyl (C=O) groups is 1. The van der Waals surface area contributed by atoms with E-state index in [1.807, 2.05) is 109 Å². The van der Waals surface area contributed by atoms with Gasteiger partial charge in [-0.15, -0.1) is 0 Å².